The predicted octanol–water partition coefficient (Wildman–Crippen LogP) is -0.176. The number of hydrogen-bond acceptors (Lipinski definition) is 5. The number of aromatic nitrogens is 3. The molecule has 0 saturated heterocycles. The van der Waals surface area contributed by atoms with Crippen molar-refractivity contribution < 1.29 is 14.7 Å². The topological polar surface area (TPSA) is 100 Å². The van der Waals surface area contributed by atoms with Gasteiger partial charge in [-0.25, -0.2) is 4.79 Å². The van der Waals surface area contributed by atoms with E-state index in [0.29, 0.717) is 26.1 Å². The summed E-state index contributed by atoms with van der Waals surface area (Å²) in [5, 5.41) is 19.0. The van der Waals surface area contributed by atoms with Crippen molar-refractivity contribution in [3.8, 4) is 0 Å². The van der Waals surface area contributed by atoms with Crippen LogP contribution in [0.25, 0.3) is 0 Å². The fourth-order valence-electron chi connectivity index (χ4n) is 1.75. The molecular formula is C12H21N5O3. The quantitative estimate of drug-likeness (QED) is 0.610. The third kappa shape index (κ3) is 4.96. The maximum absolute atomic E-state index is 11.7. The first-order valence-corrected chi connectivity index (χ1v) is 6.70. The second-order valence-corrected chi connectivity index (χ2v) is 4.24. The zero-order valence-electron chi connectivity index (χ0n) is 11.9. The molecule has 8 nitrogen and oxygen atoms in total. The summed E-state index contributed by atoms with van der Waals surface area (Å²) in [6.07, 6.45) is 1.84. The van der Waals surface area contributed by atoms with E-state index < -0.39 is 5.97 Å². The van der Waals surface area contributed by atoms with Gasteiger partial charge in [0.15, 0.2) is 5.69 Å². The molecule has 20 heavy (non-hydrogen) atoms. The molecule has 0 spiro atoms. The van der Waals surface area contributed by atoms with Crippen molar-refractivity contribution in [2.45, 2.75) is 26.8 Å². The van der Waals surface area contributed by atoms with Crippen LogP contribution in [0.1, 0.15) is 30.8 Å². The molecule has 1 aromatic rings. The van der Waals surface area contributed by atoms with E-state index in [9.17, 15) is 9.59 Å². The third-order valence-electron chi connectivity index (χ3n) is 2.91. The average molecular weight is 283 g/mol. The highest BCUT2D eigenvalue weighted by molar-refractivity contribution is 5.84. The lowest BCUT2D eigenvalue weighted by Crippen LogP contribution is -2.33. The van der Waals surface area contributed by atoms with Crippen LogP contribution in [0.4, 0.5) is 0 Å². The molecule has 1 rings (SSSR count). The smallest absolute Gasteiger partial charge is 0.358 e. The summed E-state index contributed by atoms with van der Waals surface area (Å²) in [7, 11) is 0. The molecule has 0 atom stereocenters. The number of aromatic carboxylic acids is 1. The molecule has 8 heteroatoms. The summed E-state index contributed by atoms with van der Waals surface area (Å²) >= 11 is 0. The first-order valence-electron chi connectivity index (χ1n) is 6.70. The third-order valence-corrected chi connectivity index (χ3v) is 2.91. The fourth-order valence-corrected chi connectivity index (χ4v) is 1.75. The van der Waals surface area contributed by atoms with Crippen LogP contribution in [0.5, 0.6) is 0 Å². The number of rotatable bonds is 9. The van der Waals surface area contributed by atoms with Gasteiger partial charge >= 0.3 is 5.97 Å². The Labute approximate surface area is 117 Å². The molecule has 1 heterocycles. The Hall–Kier alpha value is -1.96. The van der Waals surface area contributed by atoms with Crippen molar-refractivity contribution in [3.63, 3.8) is 0 Å². The van der Waals surface area contributed by atoms with Gasteiger partial charge in [0.2, 0.25) is 5.91 Å². The van der Waals surface area contributed by atoms with Crippen molar-refractivity contribution in [1.82, 2.24) is 25.2 Å². The Balaban J connectivity index is 2.18. The molecule has 0 aliphatic heterocycles. The van der Waals surface area contributed by atoms with E-state index in [1.165, 1.54) is 10.9 Å². The molecule has 0 bridgehead atoms. The summed E-state index contributed by atoms with van der Waals surface area (Å²) in [4.78, 5) is 24.1. The monoisotopic (exact) mass is 283 g/mol. The molecule has 112 valence electrons. The van der Waals surface area contributed by atoms with Gasteiger partial charge in [-0.05, 0) is 13.8 Å². The summed E-state index contributed by atoms with van der Waals surface area (Å²) in [5.41, 5.74) is -0.0679. The average Bonchev–Trinajstić information content (AvgIpc) is 2.89. The summed E-state index contributed by atoms with van der Waals surface area (Å²) in [6.45, 7) is 7.08. The maximum Gasteiger partial charge on any atom is 0.358 e. The minimum Gasteiger partial charge on any atom is -0.476 e. The van der Waals surface area contributed by atoms with E-state index in [1.54, 1.807) is 4.90 Å². The number of amides is 1. The van der Waals surface area contributed by atoms with Crippen LogP contribution >= 0.6 is 0 Å². The van der Waals surface area contributed by atoms with Crippen molar-refractivity contribution in [2.75, 3.05) is 26.2 Å². The molecule has 1 aromatic heterocycles. The minimum absolute atomic E-state index is 0.0679. The molecular weight excluding hydrogens is 262 g/mol. The number of nitrogens with one attached hydrogen (secondary N) is 1. The van der Waals surface area contributed by atoms with Crippen molar-refractivity contribution in [3.05, 3.63) is 11.9 Å². The number of nitrogens with zero attached hydrogens (tertiary/aromatic N) is 4. The van der Waals surface area contributed by atoms with Crippen molar-refractivity contribution in [1.29, 1.82) is 0 Å². The molecule has 0 aliphatic rings. The first-order chi connectivity index (χ1) is 9.58. The van der Waals surface area contributed by atoms with E-state index in [4.69, 9.17) is 5.11 Å². The normalized spacial score (nSPS) is 10.5. The van der Waals surface area contributed by atoms with Crippen molar-refractivity contribution in [2.24, 2.45) is 0 Å². The van der Waals surface area contributed by atoms with Crippen LogP contribution in [0, 0.1) is 0 Å². The highest BCUT2D eigenvalue weighted by atomic mass is 16.4. The van der Waals surface area contributed by atoms with Gasteiger partial charge in [0.05, 0.1) is 12.7 Å². The minimum atomic E-state index is -1.09. The molecule has 1 amide bonds. The van der Waals surface area contributed by atoms with Crippen LogP contribution in [0.3, 0.4) is 0 Å². The van der Waals surface area contributed by atoms with Crippen LogP contribution in [-0.4, -0.2) is 63.1 Å². The van der Waals surface area contributed by atoms with Crippen LogP contribution in [0.2, 0.25) is 0 Å². The molecule has 0 saturated carbocycles. The second-order valence-electron chi connectivity index (χ2n) is 4.24. The zero-order chi connectivity index (χ0) is 15.0. The Kier molecular flexibility index (Phi) is 6.65. The van der Waals surface area contributed by atoms with E-state index in [2.05, 4.69) is 15.6 Å². The lowest BCUT2D eigenvalue weighted by atomic mass is 10.3. The SMILES string of the molecule is CCN(CC)C(=O)CCNCCn1cc(C(=O)O)nn1. The molecule has 0 aliphatic carbocycles. The largest absolute Gasteiger partial charge is 0.476 e. The zero-order valence-corrected chi connectivity index (χ0v) is 11.9. The van der Waals surface area contributed by atoms with Gasteiger partial charge < -0.3 is 15.3 Å². The summed E-state index contributed by atoms with van der Waals surface area (Å²) in [5.74, 6) is -0.953. The van der Waals surface area contributed by atoms with Crippen LogP contribution < -0.4 is 5.32 Å². The molecule has 0 fully saturated rings. The first kappa shape index (κ1) is 16.1. The van der Waals surface area contributed by atoms with Gasteiger partial charge in [-0.2, -0.15) is 0 Å². The van der Waals surface area contributed by atoms with Gasteiger partial charge in [0, 0.05) is 32.6 Å². The fraction of sp³-hybridized carbons (Fsp3) is 0.667. The highest BCUT2D eigenvalue weighted by Gasteiger charge is 2.09. The lowest BCUT2D eigenvalue weighted by Gasteiger charge is -2.18. The van der Waals surface area contributed by atoms with E-state index in [1.807, 2.05) is 13.8 Å². The van der Waals surface area contributed by atoms with Gasteiger partial charge in [-0.3, -0.25) is 9.48 Å². The molecule has 0 unspecified atom stereocenters. The maximum atomic E-state index is 11.7. The standard InChI is InChI=1S/C12H21N5O3/c1-3-16(4-2)11(18)5-6-13-7-8-17-9-10(12(19)20)14-15-17/h9,13H,3-8H2,1-2H3,(H,19,20). The molecule has 2 N–H and O–H groups in total. The van der Waals surface area contributed by atoms with E-state index in [-0.39, 0.29) is 11.6 Å². The highest BCUT2D eigenvalue weighted by Crippen LogP contribution is 1.93. The number of carbonyl (C=O) groups is 2. The molecule has 0 radical (unpaired) electrons. The van der Waals surface area contributed by atoms with Gasteiger partial charge in [0.25, 0.3) is 0 Å². The van der Waals surface area contributed by atoms with Crippen LogP contribution in [-0.2, 0) is 11.3 Å². The Morgan fingerprint density at radius 2 is 2.05 bits per heavy atom. The Morgan fingerprint density at radius 3 is 2.60 bits per heavy atom. The number of hydrogen-bond donors (Lipinski definition) is 2. The Morgan fingerprint density at radius 1 is 1.35 bits per heavy atom. The Bertz CT molecular complexity index is 442. The molecule has 0 aromatic carbocycles. The lowest BCUT2D eigenvalue weighted by molar-refractivity contribution is -0.130. The predicted molar refractivity (Wildman–Crippen MR) is 72.4 cm³/mol. The second kappa shape index (κ2) is 8.26. The number of carbonyl (C=O) groups excluding carboxylic acids is 1. The summed E-state index contributed by atoms with van der Waals surface area (Å²) in [6, 6.07) is 0. The van der Waals surface area contributed by atoms with Gasteiger partial charge in [0.1, 0.15) is 0 Å². The number of carboxylic acid groups (broad SMARTS) is 1. The van der Waals surface area contributed by atoms with E-state index in [0.717, 1.165) is 13.1 Å². The van der Waals surface area contributed by atoms with E-state index >= 15 is 0 Å². The van der Waals surface area contributed by atoms with Crippen molar-refractivity contribution >= 4 is 11.9 Å². The summed E-state index contributed by atoms with van der Waals surface area (Å²) < 4.78 is 1.46. The number of carboxylic acids is 1. The van der Waals surface area contributed by atoms with Gasteiger partial charge in [-0.15, -0.1) is 5.10 Å². The van der Waals surface area contributed by atoms with Gasteiger partial charge in [-0.1, -0.05) is 5.21 Å². The van der Waals surface area contributed by atoms with Crippen LogP contribution in [0.15, 0.2) is 6.20 Å².